The maximum atomic E-state index is 12.1. The van der Waals surface area contributed by atoms with E-state index in [-0.39, 0.29) is 6.61 Å². The molecule has 0 aliphatic heterocycles. The molecule has 1 heterocycles. The van der Waals surface area contributed by atoms with Gasteiger partial charge in [0.15, 0.2) is 11.7 Å². The van der Waals surface area contributed by atoms with Crippen LogP contribution in [0.1, 0.15) is 32.4 Å². The van der Waals surface area contributed by atoms with Gasteiger partial charge in [0, 0.05) is 13.1 Å². The van der Waals surface area contributed by atoms with Gasteiger partial charge < -0.3 is 9.64 Å². The highest BCUT2D eigenvalue weighted by molar-refractivity contribution is 5.85. The lowest BCUT2D eigenvalue weighted by Crippen LogP contribution is -2.27. The van der Waals surface area contributed by atoms with Crippen LogP contribution in [-0.4, -0.2) is 35.6 Å². The van der Waals surface area contributed by atoms with E-state index >= 15 is 0 Å². The van der Waals surface area contributed by atoms with Crippen molar-refractivity contribution in [2.45, 2.75) is 26.7 Å². The number of ether oxygens (including phenoxy) is 1. The number of esters is 1. The van der Waals surface area contributed by atoms with E-state index in [1.54, 1.807) is 6.92 Å². The number of nitriles is 1. The average molecular weight is 312 g/mol. The summed E-state index contributed by atoms with van der Waals surface area (Å²) in [5.74, 6) is -1.11. The number of carbonyl (C=O) groups excluding carboxylic acids is 1. The Labute approximate surface area is 135 Å². The second-order valence-electron chi connectivity index (χ2n) is 4.91. The monoisotopic (exact) mass is 312 g/mol. The topological polar surface area (TPSA) is 79.1 Å². The summed E-state index contributed by atoms with van der Waals surface area (Å²) in [7, 11) is 0. The van der Waals surface area contributed by atoms with Gasteiger partial charge in [-0.1, -0.05) is 12.1 Å². The van der Waals surface area contributed by atoms with Crippen molar-refractivity contribution < 1.29 is 9.53 Å². The molecule has 0 radical (unpaired) electrons. The van der Waals surface area contributed by atoms with Crippen molar-refractivity contribution >= 4 is 22.8 Å². The fourth-order valence-electron chi connectivity index (χ4n) is 2.40. The molecule has 1 unspecified atom stereocenters. The largest absolute Gasteiger partial charge is 0.465 e. The van der Waals surface area contributed by atoms with Crippen LogP contribution in [0, 0.1) is 11.3 Å². The van der Waals surface area contributed by atoms with Gasteiger partial charge in [-0.3, -0.25) is 4.79 Å². The quantitative estimate of drug-likeness (QED) is 0.763. The first kappa shape index (κ1) is 16.7. The molecule has 0 aliphatic carbocycles. The Hall–Kier alpha value is -2.68. The molecule has 0 aliphatic rings. The molecule has 1 aromatic heterocycles. The number of para-hydroxylation sites is 2. The molecule has 0 saturated heterocycles. The number of hydrogen-bond donors (Lipinski definition) is 0. The van der Waals surface area contributed by atoms with Crippen LogP contribution in [0.5, 0.6) is 0 Å². The molecule has 1 atom stereocenters. The van der Waals surface area contributed by atoms with Gasteiger partial charge in [0.05, 0.1) is 23.7 Å². The van der Waals surface area contributed by atoms with Crippen molar-refractivity contribution in [2.24, 2.45) is 0 Å². The predicted octanol–water partition coefficient (Wildman–Crippen LogP) is 2.65. The first-order valence-electron chi connectivity index (χ1n) is 7.74. The molecule has 2 aromatic rings. The second kappa shape index (κ2) is 7.54. The number of hydrogen-bond acceptors (Lipinski definition) is 6. The Balaban J connectivity index is 2.65. The molecular formula is C17H20N4O2. The van der Waals surface area contributed by atoms with E-state index in [9.17, 15) is 10.1 Å². The highest BCUT2D eigenvalue weighted by Gasteiger charge is 2.29. The summed E-state index contributed by atoms with van der Waals surface area (Å²) in [6.07, 6.45) is 0. The van der Waals surface area contributed by atoms with Gasteiger partial charge in [-0.2, -0.15) is 5.26 Å². The minimum atomic E-state index is -1.08. The normalized spacial score (nSPS) is 11.7. The number of rotatable bonds is 6. The minimum Gasteiger partial charge on any atom is -0.465 e. The highest BCUT2D eigenvalue weighted by Crippen LogP contribution is 2.27. The molecule has 0 N–H and O–H groups in total. The Morgan fingerprint density at radius 3 is 2.35 bits per heavy atom. The lowest BCUT2D eigenvalue weighted by Gasteiger charge is -2.23. The molecular weight excluding hydrogens is 292 g/mol. The zero-order chi connectivity index (χ0) is 16.8. The van der Waals surface area contributed by atoms with Gasteiger partial charge in [0.1, 0.15) is 5.69 Å². The summed E-state index contributed by atoms with van der Waals surface area (Å²) in [5, 5.41) is 9.46. The van der Waals surface area contributed by atoms with Gasteiger partial charge in [0.25, 0.3) is 0 Å². The molecule has 120 valence electrons. The van der Waals surface area contributed by atoms with Crippen molar-refractivity contribution in [2.75, 3.05) is 24.6 Å². The Morgan fingerprint density at radius 2 is 1.83 bits per heavy atom. The summed E-state index contributed by atoms with van der Waals surface area (Å²) in [6, 6.07) is 9.43. The van der Waals surface area contributed by atoms with Crippen LogP contribution in [0.15, 0.2) is 24.3 Å². The molecule has 6 nitrogen and oxygen atoms in total. The Bertz CT molecular complexity index is 735. The van der Waals surface area contributed by atoms with Gasteiger partial charge in [-0.25, -0.2) is 9.97 Å². The first-order valence-corrected chi connectivity index (χ1v) is 7.74. The lowest BCUT2D eigenvalue weighted by molar-refractivity contribution is -0.143. The number of benzene rings is 1. The minimum absolute atomic E-state index is 0.221. The fraction of sp³-hybridized carbons (Fsp3) is 0.412. The molecule has 0 bridgehead atoms. The standard InChI is InChI=1S/C17H20N4O2/c1-4-21(5-2)16-15(12(11-18)17(22)23-6-3)19-13-9-7-8-10-14(13)20-16/h7-10,12H,4-6H2,1-3H3. The van der Waals surface area contributed by atoms with Crippen LogP contribution in [0.25, 0.3) is 11.0 Å². The molecule has 6 heteroatoms. The summed E-state index contributed by atoms with van der Waals surface area (Å²) in [4.78, 5) is 23.3. The third-order valence-electron chi connectivity index (χ3n) is 3.57. The van der Waals surface area contributed by atoms with E-state index in [4.69, 9.17) is 4.74 Å². The second-order valence-corrected chi connectivity index (χ2v) is 4.91. The summed E-state index contributed by atoms with van der Waals surface area (Å²) >= 11 is 0. The molecule has 0 amide bonds. The Kier molecular flexibility index (Phi) is 5.47. The highest BCUT2D eigenvalue weighted by atomic mass is 16.5. The first-order chi connectivity index (χ1) is 11.2. The van der Waals surface area contributed by atoms with Crippen LogP contribution in [0.4, 0.5) is 5.82 Å². The third-order valence-corrected chi connectivity index (χ3v) is 3.57. The average Bonchev–Trinajstić information content (AvgIpc) is 2.57. The van der Waals surface area contributed by atoms with E-state index < -0.39 is 11.9 Å². The van der Waals surface area contributed by atoms with Crippen LogP contribution in [0.2, 0.25) is 0 Å². The summed E-state index contributed by atoms with van der Waals surface area (Å²) in [5.41, 5.74) is 1.75. The smallest absolute Gasteiger partial charge is 0.329 e. The fourth-order valence-corrected chi connectivity index (χ4v) is 2.40. The number of anilines is 1. The van der Waals surface area contributed by atoms with E-state index in [1.165, 1.54) is 0 Å². The summed E-state index contributed by atoms with van der Waals surface area (Å²) in [6.45, 7) is 7.34. The van der Waals surface area contributed by atoms with Crippen molar-refractivity contribution in [3.63, 3.8) is 0 Å². The molecule has 23 heavy (non-hydrogen) atoms. The van der Waals surface area contributed by atoms with Gasteiger partial charge >= 0.3 is 5.97 Å². The van der Waals surface area contributed by atoms with Gasteiger partial charge in [0.2, 0.25) is 0 Å². The van der Waals surface area contributed by atoms with Crippen molar-refractivity contribution in [3.8, 4) is 6.07 Å². The van der Waals surface area contributed by atoms with Crippen LogP contribution >= 0.6 is 0 Å². The molecule has 1 aromatic carbocycles. The third kappa shape index (κ3) is 3.39. The predicted molar refractivity (Wildman–Crippen MR) is 88.1 cm³/mol. The van der Waals surface area contributed by atoms with Crippen molar-refractivity contribution in [3.05, 3.63) is 30.0 Å². The number of carbonyl (C=O) groups is 1. The number of fused-ring (bicyclic) bond motifs is 1. The lowest BCUT2D eigenvalue weighted by atomic mass is 10.1. The number of aromatic nitrogens is 2. The maximum absolute atomic E-state index is 12.1. The van der Waals surface area contributed by atoms with Crippen LogP contribution < -0.4 is 4.90 Å². The zero-order valence-electron chi connectivity index (χ0n) is 13.6. The van der Waals surface area contributed by atoms with Gasteiger partial charge in [-0.05, 0) is 32.9 Å². The van der Waals surface area contributed by atoms with Crippen molar-refractivity contribution in [1.29, 1.82) is 5.26 Å². The van der Waals surface area contributed by atoms with Crippen LogP contribution in [0.3, 0.4) is 0 Å². The molecule has 2 rings (SSSR count). The Morgan fingerprint density at radius 1 is 1.22 bits per heavy atom. The SMILES string of the molecule is CCOC(=O)C(C#N)c1nc2ccccc2nc1N(CC)CC. The molecule has 0 spiro atoms. The van der Waals surface area contributed by atoms with Crippen molar-refractivity contribution in [1.82, 2.24) is 9.97 Å². The molecule has 0 fully saturated rings. The van der Waals surface area contributed by atoms with E-state index in [0.29, 0.717) is 30.1 Å². The van der Waals surface area contributed by atoms with E-state index in [1.807, 2.05) is 49.1 Å². The number of nitrogens with zero attached hydrogens (tertiary/aromatic N) is 4. The zero-order valence-corrected chi connectivity index (χ0v) is 13.6. The van der Waals surface area contributed by atoms with E-state index in [0.717, 1.165) is 5.52 Å². The molecule has 0 saturated carbocycles. The summed E-state index contributed by atoms with van der Waals surface area (Å²) < 4.78 is 5.02. The van der Waals surface area contributed by atoms with E-state index in [2.05, 4.69) is 9.97 Å². The van der Waals surface area contributed by atoms with Crippen LogP contribution in [-0.2, 0) is 9.53 Å². The van der Waals surface area contributed by atoms with Gasteiger partial charge in [-0.15, -0.1) is 0 Å². The maximum Gasteiger partial charge on any atom is 0.329 e.